The van der Waals surface area contributed by atoms with E-state index in [1.807, 2.05) is 30.9 Å². The summed E-state index contributed by atoms with van der Waals surface area (Å²) in [6.07, 6.45) is 3.39. The summed E-state index contributed by atoms with van der Waals surface area (Å²) >= 11 is 0. The molecule has 3 rings (SSSR count). The number of aryl methyl sites for hydroxylation is 1. The highest BCUT2D eigenvalue weighted by atomic mass is 19.1. The first-order chi connectivity index (χ1) is 13.5. The quantitative estimate of drug-likeness (QED) is 0.680. The van der Waals surface area contributed by atoms with E-state index < -0.39 is 0 Å². The molecule has 0 saturated heterocycles. The summed E-state index contributed by atoms with van der Waals surface area (Å²) in [5.74, 6) is 0.188. The molecule has 0 radical (unpaired) electrons. The molecule has 3 aromatic rings. The number of pyridine rings is 1. The number of carbonyl (C=O) groups excluding carboxylic acids is 1. The Hall–Kier alpha value is -3.06. The molecule has 0 bridgehead atoms. The number of carbonyl (C=O) groups is 1. The molecule has 6 nitrogen and oxygen atoms in total. The van der Waals surface area contributed by atoms with Gasteiger partial charge in [0.15, 0.2) is 0 Å². The van der Waals surface area contributed by atoms with Crippen LogP contribution in [0.4, 0.5) is 10.2 Å². The highest BCUT2D eigenvalue weighted by Gasteiger charge is 2.21. The summed E-state index contributed by atoms with van der Waals surface area (Å²) in [4.78, 5) is 18.7. The van der Waals surface area contributed by atoms with Crippen molar-refractivity contribution in [1.82, 2.24) is 19.7 Å². The smallest absolute Gasteiger partial charge is 0.239 e. The topological polar surface area (TPSA) is 63.1 Å². The predicted octanol–water partition coefficient (Wildman–Crippen LogP) is 3.57. The molecule has 0 unspecified atom stereocenters. The molecule has 28 heavy (non-hydrogen) atoms. The molecule has 0 aliphatic carbocycles. The van der Waals surface area contributed by atoms with Crippen LogP contribution in [0.2, 0.25) is 0 Å². The number of likely N-dealkylation sites (N-methyl/N-ethyl adjacent to an activating group) is 1. The first-order valence-corrected chi connectivity index (χ1v) is 9.29. The van der Waals surface area contributed by atoms with Gasteiger partial charge in [0.25, 0.3) is 0 Å². The second-order valence-electron chi connectivity index (χ2n) is 6.45. The minimum atomic E-state index is -0.308. The van der Waals surface area contributed by atoms with Gasteiger partial charge in [0.1, 0.15) is 17.3 Å². The van der Waals surface area contributed by atoms with Crippen LogP contribution in [0.15, 0.2) is 48.8 Å². The molecule has 0 spiro atoms. The lowest BCUT2D eigenvalue weighted by Crippen LogP contribution is -2.33. The molecular formula is C21H24FN5O. The van der Waals surface area contributed by atoms with E-state index in [4.69, 9.17) is 0 Å². The Bertz CT molecular complexity index is 933. The minimum Gasteiger partial charge on any atom is -0.309 e. The lowest BCUT2D eigenvalue weighted by atomic mass is 10.0. The van der Waals surface area contributed by atoms with Crippen molar-refractivity contribution in [3.8, 4) is 22.4 Å². The summed E-state index contributed by atoms with van der Waals surface area (Å²) in [5.41, 5.74) is 3.10. The summed E-state index contributed by atoms with van der Waals surface area (Å²) in [6, 6.07) is 9.90. The van der Waals surface area contributed by atoms with E-state index >= 15 is 0 Å². The number of halogens is 1. The average Bonchev–Trinajstić information content (AvgIpc) is 3.03. The standard InChI is InChI=1S/C21H24FN5O/c1-4-27(5-2)14-18(28)24-21-19(15-10-12-23-13-11-15)20(25-26(21)3)16-6-8-17(22)9-7-16/h6-13H,4-5,14H2,1-3H3,(H,24,28). The fourth-order valence-electron chi connectivity index (χ4n) is 3.09. The van der Waals surface area contributed by atoms with Crippen LogP contribution in [0.3, 0.4) is 0 Å². The fourth-order valence-corrected chi connectivity index (χ4v) is 3.09. The van der Waals surface area contributed by atoms with Gasteiger partial charge in [-0.15, -0.1) is 0 Å². The summed E-state index contributed by atoms with van der Waals surface area (Å²) < 4.78 is 15.0. The molecule has 2 aromatic heterocycles. The predicted molar refractivity (Wildman–Crippen MR) is 108 cm³/mol. The van der Waals surface area contributed by atoms with Gasteiger partial charge in [-0.25, -0.2) is 4.39 Å². The first kappa shape index (κ1) is 19.7. The highest BCUT2D eigenvalue weighted by Crippen LogP contribution is 2.37. The number of nitrogens with zero attached hydrogens (tertiary/aromatic N) is 4. The van der Waals surface area contributed by atoms with Crippen LogP contribution in [0.5, 0.6) is 0 Å². The van der Waals surface area contributed by atoms with Crippen molar-refractivity contribution >= 4 is 11.7 Å². The molecule has 1 amide bonds. The molecular weight excluding hydrogens is 357 g/mol. The van der Waals surface area contributed by atoms with Gasteiger partial charge in [0.05, 0.1) is 12.1 Å². The zero-order chi connectivity index (χ0) is 20.1. The van der Waals surface area contributed by atoms with Gasteiger partial charge in [-0.3, -0.25) is 19.4 Å². The van der Waals surface area contributed by atoms with Gasteiger partial charge in [-0.2, -0.15) is 5.10 Å². The Morgan fingerprint density at radius 2 is 1.71 bits per heavy atom. The Morgan fingerprint density at radius 1 is 1.07 bits per heavy atom. The highest BCUT2D eigenvalue weighted by molar-refractivity contribution is 5.99. The van der Waals surface area contributed by atoms with Crippen LogP contribution in [0.25, 0.3) is 22.4 Å². The third kappa shape index (κ3) is 4.26. The summed E-state index contributed by atoms with van der Waals surface area (Å²) in [5, 5.41) is 7.61. The minimum absolute atomic E-state index is 0.104. The van der Waals surface area contributed by atoms with Crippen LogP contribution in [-0.2, 0) is 11.8 Å². The molecule has 0 aliphatic rings. The van der Waals surface area contributed by atoms with E-state index in [9.17, 15) is 9.18 Å². The maximum Gasteiger partial charge on any atom is 0.239 e. The number of rotatable bonds is 7. The van der Waals surface area contributed by atoms with Crippen molar-refractivity contribution in [3.05, 3.63) is 54.6 Å². The Balaban J connectivity index is 2.04. The van der Waals surface area contributed by atoms with Crippen LogP contribution in [0.1, 0.15) is 13.8 Å². The number of benzene rings is 1. The molecule has 2 heterocycles. The molecule has 1 aromatic carbocycles. The lowest BCUT2D eigenvalue weighted by molar-refractivity contribution is -0.117. The molecule has 7 heteroatoms. The van der Waals surface area contributed by atoms with Crippen LogP contribution < -0.4 is 5.32 Å². The maximum absolute atomic E-state index is 13.4. The van der Waals surface area contributed by atoms with Crippen molar-refractivity contribution in [2.24, 2.45) is 7.05 Å². The van der Waals surface area contributed by atoms with E-state index in [1.165, 1.54) is 12.1 Å². The summed E-state index contributed by atoms with van der Waals surface area (Å²) in [7, 11) is 1.78. The van der Waals surface area contributed by atoms with Crippen molar-refractivity contribution in [1.29, 1.82) is 0 Å². The lowest BCUT2D eigenvalue weighted by Gasteiger charge is -2.17. The van der Waals surface area contributed by atoms with E-state index in [0.717, 1.165) is 29.8 Å². The van der Waals surface area contributed by atoms with Crippen molar-refractivity contribution in [3.63, 3.8) is 0 Å². The fraction of sp³-hybridized carbons (Fsp3) is 0.286. The average molecular weight is 381 g/mol. The molecule has 0 fully saturated rings. The number of hydrogen-bond acceptors (Lipinski definition) is 4. The first-order valence-electron chi connectivity index (χ1n) is 9.29. The van der Waals surface area contributed by atoms with Gasteiger partial charge in [-0.1, -0.05) is 13.8 Å². The van der Waals surface area contributed by atoms with Gasteiger partial charge in [0.2, 0.25) is 5.91 Å². The third-order valence-corrected chi connectivity index (χ3v) is 4.65. The van der Waals surface area contributed by atoms with Crippen molar-refractivity contribution < 1.29 is 9.18 Å². The van der Waals surface area contributed by atoms with Crippen molar-refractivity contribution in [2.75, 3.05) is 25.0 Å². The van der Waals surface area contributed by atoms with E-state index in [0.29, 0.717) is 18.1 Å². The van der Waals surface area contributed by atoms with E-state index in [2.05, 4.69) is 15.4 Å². The zero-order valence-electron chi connectivity index (χ0n) is 16.3. The Kier molecular flexibility index (Phi) is 6.16. The van der Waals surface area contributed by atoms with Crippen LogP contribution in [-0.4, -0.2) is 45.2 Å². The van der Waals surface area contributed by atoms with Gasteiger partial charge in [-0.05, 0) is 55.1 Å². The number of aromatic nitrogens is 3. The molecule has 0 atom stereocenters. The number of nitrogens with one attached hydrogen (secondary N) is 1. The number of hydrogen-bond donors (Lipinski definition) is 1. The third-order valence-electron chi connectivity index (χ3n) is 4.65. The maximum atomic E-state index is 13.4. The SMILES string of the molecule is CCN(CC)CC(=O)Nc1c(-c2ccncc2)c(-c2ccc(F)cc2)nn1C. The van der Waals surface area contributed by atoms with Gasteiger partial charge in [0, 0.05) is 25.0 Å². The molecule has 0 saturated carbocycles. The largest absolute Gasteiger partial charge is 0.309 e. The Labute approximate surface area is 164 Å². The molecule has 1 N–H and O–H groups in total. The van der Waals surface area contributed by atoms with E-state index in [-0.39, 0.29) is 11.7 Å². The van der Waals surface area contributed by atoms with Crippen molar-refractivity contribution in [2.45, 2.75) is 13.8 Å². The summed E-state index contributed by atoms with van der Waals surface area (Å²) in [6.45, 7) is 5.95. The van der Waals surface area contributed by atoms with Gasteiger partial charge >= 0.3 is 0 Å². The monoisotopic (exact) mass is 381 g/mol. The second-order valence-corrected chi connectivity index (χ2v) is 6.45. The second kappa shape index (κ2) is 8.75. The van der Waals surface area contributed by atoms with Crippen LogP contribution >= 0.6 is 0 Å². The zero-order valence-corrected chi connectivity index (χ0v) is 16.3. The normalized spacial score (nSPS) is 11.0. The number of amides is 1. The molecule has 0 aliphatic heterocycles. The van der Waals surface area contributed by atoms with Crippen LogP contribution in [0, 0.1) is 5.82 Å². The Morgan fingerprint density at radius 3 is 2.32 bits per heavy atom. The van der Waals surface area contributed by atoms with Gasteiger partial charge < -0.3 is 5.32 Å². The number of anilines is 1. The molecule has 146 valence electrons. The van der Waals surface area contributed by atoms with E-state index in [1.54, 1.807) is 36.3 Å².